The van der Waals surface area contributed by atoms with Gasteiger partial charge in [0.1, 0.15) is 0 Å². The summed E-state index contributed by atoms with van der Waals surface area (Å²) in [6, 6.07) is 6.20. The maximum Gasteiger partial charge on any atom is 0.160 e. The Morgan fingerprint density at radius 3 is 2.64 bits per heavy atom. The molecular formula is C17H26N2O3. The monoisotopic (exact) mass is 306 g/mol. The number of methoxy groups -OCH3 is 1. The van der Waals surface area contributed by atoms with Crippen molar-refractivity contribution in [3.63, 3.8) is 0 Å². The van der Waals surface area contributed by atoms with Crippen LogP contribution in [0.4, 0.5) is 0 Å². The molecule has 0 amide bonds. The molecular weight excluding hydrogens is 280 g/mol. The van der Waals surface area contributed by atoms with Crippen LogP contribution in [0.5, 0.6) is 11.5 Å². The lowest BCUT2D eigenvalue weighted by Crippen LogP contribution is -2.47. The third-order valence-corrected chi connectivity index (χ3v) is 4.80. The van der Waals surface area contributed by atoms with Gasteiger partial charge in [-0.15, -0.1) is 0 Å². The number of ether oxygens (including phenoxy) is 2. The van der Waals surface area contributed by atoms with Crippen molar-refractivity contribution in [1.29, 1.82) is 0 Å². The minimum absolute atomic E-state index is 0.229. The Balaban J connectivity index is 1.87. The second-order valence-electron chi connectivity index (χ2n) is 6.11. The minimum atomic E-state index is 0.229. The molecule has 0 radical (unpaired) electrons. The van der Waals surface area contributed by atoms with E-state index < -0.39 is 0 Å². The average Bonchev–Trinajstić information content (AvgIpc) is 2.57. The number of nitrogens with zero attached hydrogens (tertiary/aromatic N) is 1. The molecule has 2 heterocycles. The maximum absolute atomic E-state index is 10.2. The van der Waals surface area contributed by atoms with Crippen LogP contribution in [0.3, 0.4) is 0 Å². The zero-order valence-corrected chi connectivity index (χ0v) is 13.3. The number of phenols is 1. The number of benzene rings is 1. The van der Waals surface area contributed by atoms with Crippen molar-refractivity contribution in [2.45, 2.75) is 18.9 Å². The highest BCUT2D eigenvalue weighted by Crippen LogP contribution is 2.38. The number of piperazine rings is 1. The van der Waals surface area contributed by atoms with Gasteiger partial charge >= 0.3 is 0 Å². The lowest BCUT2D eigenvalue weighted by Gasteiger charge is -2.41. The number of rotatable bonds is 4. The molecule has 3 rings (SSSR count). The van der Waals surface area contributed by atoms with Gasteiger partial charge in [-0.1, -0.05) is 6.07 Å². The first-order valence-corrected chi connectivity index (χ1v) is 8.19. The second kappa shape index (κ2) is 7.31. The number of aromatic hydroxyl groups is 1. The van der Waals surface area contributed by atoms with Crippen molar-refractivity contribution >= 4 is 0 Å². The van der Waals surface area contributed by atoms with E-state index in [1.165, 1.54) is 5.56 Å². The predicted octanol–water partition coefficient (Wildman–Crippen LogP) is 1.77. The fraction of sp³-hybridized carbons (Fsp3) is 0.647. The van der Waals surface area contributed by atoms with E-state index in [2.05, 4.69) is 16.3 Å². The van der Waals surface area contributed by atoms with Crippen LogP contribution in [-0.2, 0) is 4.74 Å². The third kappa shape index (κ3) is 3.37. The topological polar surface area (TPSA) is 54.0 Å². The highest BCUT2D eigenvalue weighted by molar-refractivity contribution is 5.42. The SMILES string of the molecule is COc1ccc([C@@H](C2CCOCC2)N2CCNCC2)cc1O. The Hall–Kier alpha value is -1.30. The Morgan fingerprint density at radius 1 is 1.27 bits per heavy atom. The van der Waals surface area contributed by atoms with Gasteiger partial charge in [-0.25, -0.2) is 0 Å². The maximum atomic E-state index is 10.2. The quantitative estimate of drug-likeness (QED) is 0.888. The Morgan fingerprint density at radius 2 is 2.00 bits per heavy atom. The van der Waals surface area contributed by atoms with Gasteiger partial charge in [-0.2, -0.15) is 0 Å². The average molecular weight is 306 g/mol. The smallest absolute Gasteiger partial charge is 0.160 e. The van der Waals surface area contributed by atoms with Crippen molar-refractivity contribution in [3.05, 3.63) is 23.8 Å². The van der Waals surface area contributed by atoms with Gasteiger partial charge in [-0.05, 0) is 36.5 Å². The normalized spacial score (nSPS) is 22.4. The standard InChI is InChI=1S/C17H26N2O3/c1-21-16-3-2-14(12-15(16)20)17(13-4-10-22-11-5-13)19-8-6-18-7-9-19/h2-3,12-13,17-18,20H,4-11H2,1H3/t17-/m1/s1. The molecule has 0 aromatic heterocycles. The van der Waals surface area contributed by atoms with Gasteiger partial charge in [-0.3, -0.25) is 4.90 Å². The first kappa shape index (κ1) is 15.6. The Kier molecular flexibility index (Phi) is 5.18. The van der Waals surface area contributed by atoms with Crippen molar-refractivity contribution in [2.24, 2.45) is 5.92 Å². The fourth-order valence-electron chi connectivity index (χ4n) is 3.66. The van der Waals surface area contributed by atoms with Crippen molar-refractivity contribution < 1.29 is 14.6 Å². The Bertz CT molecular complexity index is 465. The van der Waals surface area contributed by atoms with Crippen LogP contribution in [0, 0.1) is 5.92 Å². The highest BCUT2D eigenvalue weighted by Gasteiger charge is 2.31. The molecule has 2 aliphatic heterocycles. The summed E-state index contributed by atoms with van der Waals surface area (Å²) in [5.74, 6) is 1.35. The van der Waals surface area contributed by atoms with Crippen LogP contribution in [-0.4, -0.2) is 56.5 Å². The second-order valence-corrected chi connectivity index (χ2v) is 6.11. The van der Waals surface area contributed by atoms with Crippen LogP contribution in [0.1, 0.15) is 24.4 Å². The van der Waals surface area contributed by atoms with Gasteiger partial charge in [0.2, 0.25) is 0 Å². The highest BCUT2D eigenvalue weighted by atomic mass is 16.5. The van der Waals surface area contributed by atoms with Crippen LogP contribution in [0.25, 0.3) is 0 Å². The zero-order chi connectivity index (χ0) is 15.4. The summed E-state index contributed by atoms with van der Waals surface area (Å²) < 4.78 is 10.7. The van der Waals surface area contributed by atoms with E-state index in [1.54, 1.807) is 7.11 Å². The van der Waals surface area contributed by atoms with Gasteiger partial charge in [0.15, 0.2) is 11.5 Å². The van der Waals surface area contributed by atoms with E-state index in [9.17, 15) is 5.11 Å². The van der Waals surface area contributed by atoms with E-state index >= 15 is 0 Å². The van der Waals surface area contributed by atoms with E-state index in [0.717, 1.165) is 52.2 Å². The molecule has 2 fully saturated rings. The lowest BCUT2D eigenvalue weighted by atomic mass is 9.85. The Labute approximate surface area is 132 Å². The van der Waals surface area contributed by atoms with Crippen molar-refractivity contribution in [2.75, 3.05) is 46.5 Å². The third-order valence-electron chi connectivity index (χ3n) is 4.80. The lowest BCUT2D eigenvalue weighted by molar-refractivity contribution is 0.0212. The number of phenolic OH excluding ortho intramolecular Hbond substituents is 1. The molecule has 5 nitrogen and oxygen atoms in total. The summed E-state index contributed by atoms with van der Waals surface area (Å²) in [4.78, 5) is 2.55. The summed E-state index contributed by atoms with van der Waals surface area (Å²) >= 11 is 0. The summed E-state index contributed by atoms with van der Waals surface area (Å²) in [6.45, 7) is 5.85. The van der Waals surface area contributed by atoms with E-state index in [0.29, 0.717) is 17.7 Å². The molecule has 1 atom stereocenters. The van der Waals surface area contributed by atoms with Crippen LogP contribution in [0.2, 0.25) is 0 Å². The van der Waals surface area contributed by atoms with Crippen LogP contribution in [0.15, 0.2) is 18.2 Å². The molecule has 2 N–H and O–H groups in total. The van der Waals surface area contributed by atoms with Gasteiger partial charge < -0.3 is 19.9 Å². The number of nitrogens with one attached hydrogen (secondary N) is 1. The summed E-state index contributed by atoms with van der Waals surface area (Å²) in [7, 11) is 1.58. The zero-order valence-electron chi connectivity index (χ0n) is 13.3. The molecule has 0 spiro atoms. The largest absolute Gasteiger partial charge is 0.504 e. The molecule has 1 aromatic carbocycles. The minimum Gasteiger partial charge on any atom is -0.504 e. The van der Waals surface area contributed by atoms with Crippen LogP contribution < -0.4 is 10.1 Å². The summed E-state index contributed by atoms with van der Waals surface area (Å²) in [5.41, 5.74) is 1.19. The van der Waals surface area contributed by atoms with Crippen LogP contribution >= 0.6 is 0 Å². The molecule has 2 aliphatic rings. The number of hydrogen-bond donors (Lipinski definition) is 2. The van der Waals surface area contributed by atoms with E-state index in [1.807, 2.05) is 12.1 Å². The molecule has 0 unspecified atom stereocenters. The molecule has 0 aliphatic carbocycles. The molecule has 122 valence electrons. The summed E-state index contributed by atoms with van der Waals surface area (Å²) in [5, 5.41) is 13.6. The van der Waals surface area contributed by atoms with Gasteiger partial charge in [0.25, 0.3) is 0 Å². The molecule has 1 aromatic rings. The van der Waals surface area contributed by atoms with Crippen molar-refractivity contribution in [1.82, 2.24) is 10.2 Å². The van der Waals surface area contributed by atoms with E-state index in [4.69, 9.17) is 9.47 Å². The molecule has 0 bridgehead atoms. The molecule has 5 heteroatoms. The van der Waals surface area contributed by atoms with Gasteiger partial charge in [0, 0.05) is 45.4 Å². The van der Waals surface area contributed by atoms with Crippen molar-refractivity contribution in [3.8, 4) is 11.5 Å². The van der Waals surface area contributed by atoms with E-state index in [-0.39, 0.29) is 5.75 Å². The first-order chi connectivity index (χ1) is 10.8. The predicted molar refractivity (Wildman–Crippen MR) is 85.4 cm³/mol. The first-order valence-electron chi connectivity index (χ1n) is 8.19. The summed E-state index contributed by atoms with van der Waals surface area (Å²) in [6.07, 6.45) is 2.17. The molecule has 22 heavy (non-hydrogen) atoms. The molecule has 2 saturated heterocycles. The fourth-order valence-corrected chi connectivity index (χ4v) is 3.66. The van der Waals surface area contributed by atoms with Gasteiger partial charge in [0.05, 0.1) is 7.11 Å². The number of hydrogen-bond acceptors (Lipinski definition) is 5. The molecule has 0 saturated carbocycles.